The Morgan fingerprint density at radius 2 is 1.89 bits per heavy atom. The van der Waals surface area contributed by atoms with E-state index in [1.54, 1.807) is 35.6 Å². The number of nitrogens with zero attached hydrogens (tertiary/aromatic N) is 1. The number of carbonyl (C=O) groups excluding carboxylic acids is 2. The van der Waals surface area contributed by atoms with Gasteiger partial charge in [0.1, 0.15) is 0 Å². The maximum absolute atomic E-state index is 12.3. The van der Waals surface area contributed by atoms with E-state index in [0.29, 0.717) is 22.9 Å². The standard InChI is InChI=1S/C19H20N4O4S/c1-11-4-7-16(28-11)13-9-17(23-22-13)21-18(24)10-20-19(25)12-5-6-14(26-2)15(8-12)27-3/h4-9H,10H2,1-3H3,(H,20,25)(H2,21,22,23,24). The zero-order valence-corrected chi connectivity index (χ0v) is 16.5. The van der Waals surface area contributed by atoms with Crippen LogP contribution in [-0.2, 0) is 4.79 Å². The molecule has 3 aromatic rings. The number of anilines is 1. The van der Waals surface area contributed by atoms with Crippen LogP contribution in [0.3, 0.4) is 0 Å². The van der Waals surface area contributed by atoms with Crippen LogP contribution in [0.5, 0.6) is 11.5 Å². The maximum Gasteiger partial charge on any atom is 0.251 e. The Morgan fingerprint density at radius 1 is 1.11 bits per heavy atom. The van der Waals surface area contributed by atoms with Crippen molar-refractivity contribution in [3.63, 3.8) is 0 Å². The summed E-state index contributed by atoms with van der Waals surface area (Å²) < 4.78 is 10.3. The number of nitrogens with one attached hydrogen (secondary N) is 3. The van der Waals surface area contributed by atoms with Gasteiger partial charge in [0, 0.05) is 16.5 Å². The molecule has 0 unspecified atom stereocenters. The van der Waals surface area contributed by atoms with Crippen molar-refractivity contribution in [3.8, 4) is 22.1 Å². The first-order valence-corrected chi connectivity index (χ1v) is 9.24. The van der Waals surface area contributed by atoms with Gasteiger partial charge in [0.15, 0.2) is 17.3 Å². The smallest absolute Gasteiger partial charge is 0.251 e. The van der Waals surface area contributed by atoms with Gasteiger partial charge >= 0.3 is 0 Å². The SMILES string of the molecule is COc1ccc(C(=O)NCC(=O)Nc2cc(-c3ccc(C)s3)[nH]n2)cc1OC. The van der Waals surface area contributed by atoms with Crippen LogP contribution in [0.25, 0.3) is 10.6 Å². The van der Waals surface area contributed by atoms with Crippen molar-refractivity contribution in [2.75, 3.05) is 26.1 Å². The second-order valence-electron chi connectivity index (χ2n) is 5.88. The third-order valence-corrected chi connectivity index (χ3v) is 4.94. The molecule has 146 valence electrons. The number of methoxy groups -OCH3 is 2. The molecule has 0 radical (unpaired) electrons. The van der Waals surface area contributed by atoms with Crippen LogP contribution in [-0.4, -0.2) is 42.8 Å². The molecule has 2 amide bonds. The second-order valence-corrected chi connectivity index (χ2v) is 7.17. The fourth-order valence-corrected chi connectivity index (χ4v) is 3.35. The highest BCUT2D eigenvalue weighted by molar-refractivity contribution is 7.15. The number of hydrogen-bond acceptors (Lipinski definition) is 6. The molecule has 3 rings (SSSR count). The molecular formula is C19H20N4O4S. The predicted octanol–water partition coefficient (Wildman–Crippen LogP) is 2.83. The molecule has 0 aliphatic carbocycles. The van der Waals surface area contributed by atoms with Crippen LogP contribution in [0.2, 0.25) is 0 Å². The normalized spacial score (nSPS) is 10.4. The third kappa shape index (κ3) is 4.49. The Hall–Kier alpha value is -3.33. The van der Waals surface area contributed by atoms with E-state index in [0.717, 1.165) is 10.6 Å². The number of rotatable bonds is 7. The van der Waals surface area contributed by atoms with Crippen molar-refractivity contribution >= 4 is 29.0 Å². The van der Waals surface area contributed by atoms with E-state index in [1.807, 2.05) is 19.1 Å². The van der Waals surface area contributed by atoms with Crippen LogP contribution in [0.4, 0.5) is 5.82 Å². The Kier molecular flexibility index (Phi) is 5.95. The molecule has 0 aliphatic heterocycles. The summed E-state index contributed by atoms with van der Waals surface area (Å²) in [5.41, 5.74) is 1.18. The molecule has 0 atom stereocenters. The van der Waals surface area contributed by atoms with Gasteiger partial charge in [-0.05, 0) is 37.3 Å². The highest BCUT2D eigenvalue weighted by Gasteiger charge is 2.13. The van der Waals surface area contributed by atoms with Crippen LogP contribution in [0.1, 0.15) is 15.2 Å². The molecule has 2 heterocycles. The van der Waals surface area contributed by atoms with Gasteiger partial charge in [-0.3, -0.25) is 14.7 Å². The third-order valence-electron chi connectivity index (χ3n) is 3.91. The van der Waals surface area contributed by atoms with Gasteiger partial charge in [-0.1, -0.05) is 0 Å². The molecule has 28 heavy (non-hydrogen) atoms. The van der Waals surface area contributed by atoms with Crippen molar-refractivity contribution in [1.82, 2.24) is 15.5 Å². The lowest BCUT2D eigenvalue weighted by Gasteiger charge is -2.10. The number of H-pyrrole nitrogens is 1. The second kappa shape index (κ2) is 8.57. The Labute approximate surface area is 165 Å². The summed E-state index contributed by atoms with van der Waals surface area (Å²) in [6, 6.07) is 10.5. The lowest BCUT2D eigenvalue weighted by Crippen LogP contribution is -2.32. The lowest BCUT2D eigenvalue weighted by molar-refractivity contribution is -0.115. The number of ether oxygens (including phenoxy) is 2. The summed E-state index contributed by atoms with van der Waals surface area (Å²) in [5.74, 6) is 0.577. The Morgan fingerprint density at radius 3 is 2.57 bits per heavy atom. The molecular weight excluding hydrogens is 380 g/mol. The minimum atomic E-state index is -0.395. The fraction of sp³-hybridized carbons (Fsp3) is 0.211. The molecule has 0 bridgehead atoms. The molecule has 3 N–H and O–H groups in total. The summed E-state index contributed by atoms with van der Waals surface area (Å²) in [6.07, 6.45) is 0. The average molecular weight is 400 g/mol. The molecule has 8 nitrogen and oxygen atoms in total. The molecule has 0 aliphatic rings. The molecule has 9 heteroatoms. The number of benzene rings is 1. The van der Waals surface area contributed by atoms with E-state index >= 15 is 0 Å². The number of hydrogen-bond donors (Lipinski definition) is 3. The highest BCUT2D eigenvalue weighted by atomic mass is 32.1. The average Bonchev–Trinajstić information content (AvgIpc) is 3.34. The first-order valence-electron chi connectivity index (χ1n) is 8.42. The Bertz CT molecular complexity index is 995. The number of aryl methyl sites for hydroxylation is 1. The largest absolute Gasteiger partial charge is 0.493 e. The van der Waals surface area contributed by atoms with Crippen molar-refractivity contribution in [3.05, 3.63) is 46.8 Å². The van der Waals surface area contributed by atoms with E-state index in [2.05, 4.69) is 20.8 Å². The molecule has 0 fully saturated rings. The number of carbonyl (C=O) groups is 2. The molecule has 0 saturated heterocycles. The topological polar surface area (TPSA) is 105 Å². The fourth-order valence-electron chi connectivity index (χ4n) is 2.52. The monoisotopic (exact) mass is 400 g/mol. The quantitative estimate of drug-likeness (QED) is 0.566. The van der Waals surface area contributed by atoms with Gasteiger partial charge in [-0.15, -0.1) is 11.3 Å². The summed E-state index contributed by atoms with van der Waals surface area (Å²) in [7, 11) is 3.00. The number of amides is 2. The van der Waals surface area contributed by atoms with Crippen molar-refractivity contribution < 1.29 is 19.1 Å². The molecule has 1 aromatic carbocycles. The van der Waals surface area contributed by atoms with E-state index in [4.69, 9.17) is 9.47 Å². The summed E-state index contributed by atoms with van der Waals surface area (Å²) in [5, 5.41) is 12.2. The molecule has 0 spiro atoms. The van der Waals surface area contributed by atoms with Crippen molar-refractivity contribution in [1.29, 1.82) is 0 Å². The summed E-state index contributed by atoms with van der Waals surface area (Å²) >= 11 is 1.63. The minimum absolute atomic E-state index is 0.187. The summed E-state index contributed by atoms with van der Waals surface area (Å²) in [6.45, 7) is 1.84. The summed E-state index contributed by atoms with van der Waals surface area (Å²) in [4.78, 5) is 26.6. The maximum atomic E-state index is 12.3. The van der Waals surface area contributed by atoms with E-state index in [1.165, 1.54) is 19.1 Å². The number of aromatic nitrogens is 2. The zero-order valence-electron chi connectivity index (χ0n) is 15.7. The van der Waals surface area contributed by atoms with Gasteiger partial charge in [0.25, 0.3) is 5.91 Å². The van der Waals surface area contributed by atoms with Crippen molar-refractivity contribution in [2.24, 2.45) is 0 Å². The first kappa shape index (κ1) is 19.4. The molecule has 0 saturated carbocycles. The number of thiophene rings is 1. The highest BCUT2D eigenvalue weighted by Crippen LogP contribution is 2.28. The Balaban J connectivity index is 1.56. The van der Waals surface area contributed by atoms with Crippen LogP contribution < -0.4 is 20.1 Å². The van der Waals surface area contributed by atoms with Gasteiger partial charge in [-0.2, -0.15) is 5.10 Å². The van der Waals surface area contributed by atoms with Gasteiger partial charge in [0.2, 0.25) is 5.91 Å². The molecule has 2 aromatic heterocycles. The van der Waals surface area contributed by atoms with Crippen molar-refractivity contribution in [2.45, 2.75) is 6.92 Å². The van der Waals surface area contributed by atoms with Crippen LogP contribution >= 0.6 is 11.3 Å². The van der Waals surface area contributed by atoms with E-state index < -0.39 is 5.91 Å². The van der Waals surface area contributed by atoms with Crippen LogP contribution in [0, 0.1) is 6.92 Å². The van der Waals surface area contributed by atoms with E-state index in [-0.39, 0.29) is 12.5 Å². The predicted molar refractivity (Wildman–Crippen MR) is 107 cm³/mol. The zero-order chi connectivity index (χ0) is 20.1. The van der Waals surface area contributed by atoms with Gasteiger partial charge in [0.05, 0.1) is 31.3 Å². The van der Waals surface area contributed by atoms with Gasteiger partial charge in [-0.25, -0.2) is 0 Å². The van der Waals surface area contributed by atoms with Crippen LogP contribution in [0.15, 0.2) is 36.4 Å². The number of aromatic amines is 1. The first-order chi connectivity index (χ1) is 13.5. The lowest BCUT2D eigenvalue weighted by atomic mass is 10.2. The minimum Gasteiger partial charge on any atom is -0.493 e. The van der Waals surface area contributed by atoms with Gasteiger partial charge < -0.3 is 20.1 Å². The van der Waals surface area contributed by atoms with E-state index in [9.17, 15) is 9.59 Å².